The molecule has 3 rings (SSSR count). The zero-order valence-electron chi connectivity index (χ0n) is 17.7. The van der Waals surface area contributed by atoms with E-state index in [1.807, 2.05) is 0 Å². The van der Waals surface area contributed by atoms with Crippen molar-refractivity contribution in [2.45, 2.75) is 90.6 Å². The molecule has 0 spiro atoms. The third kappa shape index (κ3) is 5.17. The summed E-state index contributed by atoms with van der Waals surface area (Å²) in [5.74, 6) is 2.21. The molecule has 1 saturated carbocycles. The second-order valence-corrected chi connectivity index (χ2v) is 9.38. The van der Waals surface area contributed by atoms with Gasteiger partial charge in [0, 0.05) is 6.42 Å². The van der Waals surface area contributed by atoms with E-state index in [4.69, 9.17) is 5.11 Å². The van der Waals surface area contributed by atoms with Crippen molar-refractivity contribution >= 4 is 5.97 Å². The van der Waals surface area contributed by atoms with E-state index in [0.717, 1.165) is 62.2 Å². The Kier molecular flexibility index (Phi) is 7.56. The lowest BCUT2D eigenvalue weighted by molar-refractivity contribution is -0.136. The maximum atomic E-state index is 11.0. The van der Waals surface area contributed by atoms with Gasteiger partial charge in [0.25, 0.3) is 0 Å². The molecule has 0 amide bonds. The van der Waals surface area contributed by atoms with Crippen LogP contribution in [0, 0.1) is 23.7 Å². The Morgan fingerprint density at radius 1 is 1.21 bits per heavy atom. The van der Waals surface area contributed by atoms with Crippen LogP contribution in [0.4, 0.5) is 0 Å². The number of carboxylic acid groups (broad SMARTS) is 1. The van der Waals surface area contributed by atoms with Crippen molar-refractivity contribution in [3.8, 4) is 0 Å². The highest BCUT2D eigenvalue weighted by Gasteiger charge is 2.43. The molecule has 0 aromatic heterocycles. The zero-order valence-corrected chi connectivity index (χ0v) is 17.7. The summed E-state index contributed by atoms with van der Waals surface area (Å²) in [5.41, 5.74) is 4.14. The van der Waals surface area contributed by atoms with Gasteiger partial charge in [0.1, 0.15) is 0 Å². The molecule has 1 aromatic carbocycles. The number of aliphatic carboxylic acids is 1. The van der Waals surface area contributed by atoms with Crippen LogP contribution in [-0.4, -0.2) is 22.3 Å². The number of fused-ring (bicyclic) bond motifs is 2. The highest BCUT2D eigenvalue weighted by Crippen LogP contribution is 2.50. The van der Waals surface area contributed by atoms with E-state index >= 15 is 0 Å². The lowest BCUT2D eigenvalue weighted by Crippen LogP contribution is -2.27. The van der Waals surface area contributed by atoms with Gasteiger partial charge in [0.05, 0.1) is 6.10 Å². The van der Waals surface area contributed by atoms with Gasteiger partial charge < -0.3 is 10.2 Å². The Hall–Kier alpha value is -1.35. The van der Waals surface area contributed by atoms with Crippen molar-refractivity contribution < 1.29 is 15.0 Å². The quantitative estimate of drug-likeness (QED) is 0.528. The van der Waals surface area contributed by atoms with Crippen LogP contribution in [0.1, 0.15) is 81.9 Å². The summed E-state index contributed by atoms with van der Waals surface area (Å²) in [4.78, 5) is 11.0. The number of carboxylic acids is 1. The highest BCUT2D eigenvalue weighted by molar-refractivity contribution is 5.67. The van der Waals surface area contributed by atoms with Gasteiger partial charge >= 0.3 is 5.97 Å². The van der Waals surface area contributed by atoms with Crippen molar-refractivity contribution in [1.82, 2.24) is 0 Å². The molecule has 3 heteroatoms. The maximum Gasteiger partial charge on any atom is 0.303 e. The van der Waals surface area contributed by atoms with Gasteiger partial charge in [-0.05, 0) is 85.3 Å². The molecule has 1 unspecified atom stereocenters. The van der Waals surface area contributed by atoms with E-state index in [2.05, 4.69) is 32.0 Å². The minimum absolute atomic E-state index is 0.128. The number of aliphatic hydroxyl groups excluding tert-OH is 1. The van der Waals surface area contributed by atoms with E-state index in [1.165, 1.54) is 36.0 Å². The average Bonchev–Trinajstić information content (AvgIpc) is 2.97. The fourth-order valence-corrected chi connectivity index (χ4v) is 5.94. The molecule has 0 heterocycles. The van der Waals surface area contributed by atoms with E-state index in [9.17, 15) is 9.90 Å². The van der Waals surface area contributed by atoms with Crippen molar-refractivity contribution in [1.29, 1.82) is 0 Å². The number of aryl methyl sites for hydroxylation is 1. The normalized spacial score (nSPS) is 27.2. The van der Waals surface area contributed by atoms with Crippen molar-refractivity contribution in [3.63, 3.8) is 0 Å². The first kappa shape index (κ1) is 21.4. The zero-order chi connectivity index (χ0) is 20.1. The minimum atomic E-state index is -0.710. The summed E-state index contributed by atoms with van der Waals surface area (Å²) in [5, 5.41) is 19.4. The fraction of sp³-hybridized carbons (Fsp3) is 0.720. The van der Waals surface area contributed by atoms with Crippen LogP contribution in [0.3, 0.4) is 0 Å². The van der Waals surface area contributed by atoms with Crippen LogP contribution in [0.2, 0.25) is 0 Å². The SMILES string of the molecule is CCCCC[C@H](O)CC[C@H]1C(C)C[C@@H]2Cc3c(CCC(=O)O)cccc3C[C@@H]21. The maximum absolute atomic E-state index is 11.0. The van der Waals surface area contributed by atoms with Crippen LogP contribution >= 0.6 is 0 Å². The lowest BCUT2D eigenvalue weighted by atomic mass is 9.72. The van der Waals surface area contributed by atoms with Crippen molar-refractivity contribution in [2.24, 2.45) is 23.7 Å². The molecule has 0 radical (unpaired) electrons. The number of aliphatic hydroxyl groups is 1. The predicted octanol–water partition coefficient (Wildman–Crippen LogP) is 5.41. The molecule has 2 aliphatic rings. The van der Waals surface area contributed by atoms with Gasteiger partial charge in [-0.25, -0.2) is 0 Å². The molecule has 156 valence electrons. The van der Waals surface area contributed by atoms with Crippen molar-refractivity contribution in [2.75, 3.05) is 0 Å². The van der Waals surface area contributed by atoms with E-state index < -0.39 is 5.97 Å². The van der Waals surface area contributed by atoms with Gasteiger partial charge in [0.2, 0.25) is 0 Å². The minimum Gasteiger partial charge on any atom is -0.481 e. The predicted molar refractivity (Wildman–Crippen MR) is 113 cm³/mol. The Morgan fingerprint density at radius 2 is 2.04 bits per heavy atom. The first-order valence-electron chi connectivity index (χ1n) is 11.5. The van der Waals surface area contributed by atoms with Crippen LogP contribution in [0.5, 0.6) is 0 Å². The summed E-state index contributed by atoms with van der Waals surface area (Å²) in [6.07, 6.45) is 10.9. The first-order chi connectivity index (χ1) is 13.5. The Morgan fingerprint density at radius 3 is 2.79 bits per heavy atom. The molecule has 28 heavy (non-hydrogen) atoms. The molecule has 1 fully saturated rings. The lowest BCUT2D eigenvalue weighted by Gasteiger charge is -2.33. The summed E-state index contributed by atoms with van der Waals surface area (Å²) in [7, 11) is 0. The van der Waals surface area contributed by atoms with Crippen molar-refractivity contribution in [3.05, 3.63) is 34.9 Å². The monoisotopic (exact) mass is 386 g/mol. The highest BCUT2D eigenvalue weighted by atomic mass is 16.4. The standard InChI is InChI=1S/C25H38O3/c1-3-4-5-9-21(26)11-12-22-17(2)14-20-16-23-18(10-13-25(27)28)7-6-8-19(23)15-24(20)22/h6-8,17,20-22,24,26H,3-5,9-16H2,1-2H3,(H,27,28)/t17?,20-,21+,22+,24+/m1/s1. The molecule has 0 saturated heterocycles. The molecule has 0 bridgehead atoms. The molecule has 2 aliphatic carbocycles. The van der Waals surface area contributed by atoms with Crippen LogP contribution < -0.4 is 0 Å². The Balaban J connectivity index is 1.62. The number of unbranched alkanes of at least 4 members (excludes halogenated alkanes) is 2. The third-order valence-corrected chi connectivity index (χ3v) is 7.44. The van der Waals surface area contributed by atoms with E-state index in [0.29, 0.717) is 6.42 Å². The van der Waals surface area contributed by atoms with Gasteiger partial charge in [-0.15, -0.1) is 0 Å². The summed E-state index contributed by atoms with van der Waals surface area (Å²) in [6, 6.07) is 6.50. The summed E-state index contributed by atoms with van der Waals surface area (Å²) < 4.78 is 0. The third-order valence-electron chi connectivity index (χ3n) is 7.44. The number of rotatable bonds is 10. The van der Waals surface area contributed by atoms with Gasteiger partial charge in [0.15, 0.2) is 0 Å². The van der Waals surface area contributed by atoms with Crippen LogP contribution in [0.25, 0.3) is 0 Å². The topological polar surface area (TPSA) is 57.5 Å². The molecular formula is C25H38O3. The molecule has 3 nitrogen and oxygen atoms in total. The van der Waals surface area contributed by atoms with E-state index in [-0.39, 0.29) is 12.5 Å². The smallest absolute Gasteiger partial charge is 0.303 e. The number of benzene rings is 1. The molecule has 0 aliphatic heterocycles. The summed E-state index contributed by atoms with van der Waals surface area (Å²) in [6.45, 7) is 4.61. The summed E-state index contributed by atoms with van der Waals surface area (Å²) >= 11 is 0. The Bertz CT molecular complexity index is 653. The van der Waals surface area contributed by atoms with Gasteiger partial charge in [-0.3, -0.25) is 4.79 Å². The second kappa shape index (κ2) is 9.91. The number of carbonyl (C=O) groups is 1. The fourth-order valence-electron chi connectivity index (χ4n) is 5.94. The first-order valence-corrected chi connectivity index (χ1v) is 11.5. The Labute approximate surface area is 170 Å². The van der Waals surface area contributed by atoms with Crippen LogP contribution in [0.15, 0.2) is 18.2 Å². The molecular weight excluding hydrogens is 348 g/mol. The van der Waals surface area contributed by atoms with Crippen LogP contribution in [-0.2, 0) is 24.1 Å². The van der Waals surface area contributed by atoms with Gasteiger partial charge in [-0.2, -0.15) is 0 Å². The second-order valence-electron chi connectivity index (χ2n) is 9.38. The molecule has 2 N–H and O–H groups in total. The number of hydrogen-bond acceptors (Lipinski definition) is 2. The molecule has 1 aromatic rings. The largest absolute Gasteiger partial charge is 0.481 e. The number of hydrogen-bond donors (Lipinski definition) is 2. The average molecular weight is 387 g/mol. The van der Waals surface area contributed by atoms with E-state index in [1.54, 1.807) is 0 Å². The molecule has 5 atom stereocenters. The van der Waals surface area contributed by atoms with Gasteiger partial charge in [-0.1, -0.05) is 51.3 Å².